The Balaban J connectivity index is 1.50. The number of amides is 1. The van der Waals surface area contributed by atoms with Crippen LogP contribution in [0.2, 0.25) is 10.0 Å². The van der Waals surface area contributed by atoms with Gasteiger partial charge in [0.15, 0.2) is 6.61 Å². The standard InChI is InChI=1S/C21H19Cl2N3O4/c1-29-16-5-2-14(3-6-16)18-11-21(28)26(13-25-18)9-8-24-20(27)12-30-19-7-4-15(22)10-17(19)23/h2-7,10-11,13H,8-9,12H2,1H3,(H,24,27). The van der Waals surface area contributed by atoms with E-state index in [-0.39, 0.29) is 31.2 Å². The molecule has 3 rings (SSSR count). The predicted octanol–water partition coefficient (Wildman–Crippen LogP) is 3.42. The van der Waals surface area contributed by atoms with E-state index in [9.17, 15) is 9.59 Å². The zero-order chi connectivity index (χ0) is 21.5. The molecule has 0 aliphatic rings. The first-order valence-electron chi connectivity index (χ1n) is 9.02. The van der Waals surface area contributed by atoms with E-state index in [0.29, 0.717) is 21.5 Å². The average Bonchev–Trinajstić information content (AvgIpc) is 2.74. The summed E-state index contributed by atoms with van der Waals surface area (Å²) in [6.45, 7) is 0.326. The van der Waals surface area contributed by atoms with Gasteiger partial charge in [0.25, 0.3) is 11.5 Å². The van der Waals surface area contributed by atoms with Crippen molar-refractivity contribution in [1.82, 2.24) is 14.9 Å². The summed E-state index contributed by atoms with van der Waals surface area (Å²) in [5.74, 6) is 0.757. The van der Waals surface area contributed by atoms with Crippen molar-refractivity contribution < 1.29 is 14.3 Å². The third-order valence-corrected chi connectivity index (χ3v) is 4.72. The third-order valence-electron chi connectivity index (χ3n) is 4.19. The van der Waals surface area contributed by atoms with Gasteiger partial charge in [-0.25, -0.2) is 4.98 Å². The number of methoxy groups -OCH3 is 1. The fraction of sp³-hybridized carbons (Fsp3) is 0.190. The summed E-state index contributed by atoms with van der Waals surface area (Å²) in [6.07, 6.45) is 1.46. The van der Waals surface area contributed by atoms with Crippen LogP contribution in [0.1, 0.15) is 0 Å². The summed E-state index contributed by atoms with van der Waals surface area (Å²) < 4.78 is 11.9. The lowest BCUT2D eigenvalue weighted by Gasteiger charge is -2.10. The molecule has 0 aliphatic heterocycles. The molecule has 1 heterocycles. The van der Waals surface area contributed by atoms with E-state index in [2.05, 4.69) is 10.3 Å². The van der Waals surface area contributed by atoms with Gasteiger partial charge in [0.1, 0.15) is 11.5 Å². The van der Waals surface area contributed by atoms with Gasteiger partial charge in [-0.2, -0.15) is 0 Å². The summed E-state index contributed by atoms with van der Waals surface area (Å²) in [5.41, 5.74) is 1.16. The Kier molecular flexibility index (Phi) is 7.32. The van der Waals surface area contributed by atoms with Crippen LogP contribution in [-0.4, -0.2) is 35.7 Å². The molecule has 9 heteroatoms. The van der Waals surface area contributed by atoms with Crippen molar-refractivity contribution >= 4 is 29.1 Å². The molecular weight excluding hydrogens is 429 g/mol. The van der Waals surface area contributed by atoms with Crippen LogP contribution < -0.4 is 20.3 Å². The number of rotatable bonds is 8. The van der Waals surface area contributed by atoms with Gasteiger partial charge in [-0.05, 0) is 42.5 Å². The number of aromatic nitrogens is 2. The zero-order valence-electron chi connectivity index (χ0n) is 16.1. The predicted molar refractivity (Wildman–Crippen MR) is 115 cm³/mol. The van der Waals surface area contributed by atoms with E-state index < -0.39 is 0 Å². The normalized spacial score (nSPS) is 10.5. The monoisotopic (exact) mass is 447 g/mol. The highest BCUT2D eigenvalue weighted by Gasteiger charge is 2.07. The van der Waals surface area contributed by atoms with Crippen molar-refractivity contribution in [2.45, 2.75) is 6.54 Å². The average molecular weight is 448 g/mol. The van der Waals surface area contributed by atoms with Crippen LogP contribution in [-0.2, 0) is 11.3 Å². The third kappa shape index (κ3) is 5.75. The maximum atomic E-state index is 12.3. The molecule has 0 aliphatic carbocycles. The van der Waals surface area contributed by atoms with Crippen molar-refractivity contribution in [2.24, 2.45) is 0 Å². The Labute approximate surface area is 183 Å². The van der Waals surface area contributed by atoms with Crippen molar-refractivity contribution in [2.75, 3.05) is 20.3 Å². The minimum absolute atomic E-state index is 0.203. The Morgan fingerprint density at radius 3 is 2.57 bits per heavy atom. The maximum absolute atomic E-state index is 12.3. The van der Waals surface area contributed by atoms with E-state index >= 15 is 0 Å². The van der Waals surface area contributed by atoms with Gasteiger partial charge in [0.05, 0.1) is 24.2 Å². The molecule has 0 atom stereocenters. The van der Waals surface area contributed by atoms with Crippen molar-refractivity contribution in [1.29, 1.82) is 0 Å². The molecule has 0 spiro atoms. The number of carbonyl (C=O) groups excluding carboxylic acids is 1. The van der Waals surface area contributed by atoms with Crippen LogP contribution in [0.5, 0.6) is 11.5 Å². The number of hydrogen-bond donors (Lipinski definition) is 1. The molecule has 1 amide bonds. The number of nitrogens with one attached hydrogen (secondary N) is 1. The second kappa shape index (κ2) is 10.1. The molecule has 3 aromatic rings. The van der Waals surface area contributed by atoms with Crippen molar-refractivity contribution in [3.63, 3.8) is 0 Å². The molecule has 0 unspecified atom stereocenters. The largest absolute Gasteiger partial charge is 0.497 e. The van der Waals surface area contributed by atoms with E-state index in [1.807, 2.05) is 12.1 Å². The molecule has 0 fully saturated rings. The summed E-state index contributed by atoms with van der Waals surface area (Å²) in [5, 5.41) is 3.49. The topological polar surface area (TPSA) is 82.5 Å². The number of hydrogen-bond acceptors (Lipinski definition) is 5. The lowest BCUT2D eigenvalue weighted by molar-refractivity contribution is -0.123. The Morgan fingerprint density at radius 2 is 1.90 bits per heavy atom. The highest BCUT2D eigenvalue weighted by atomic mass is 35.5. The quantitative estimate of drug-likeness (QED) is 0.571. The number of ether oxygens (including phenoxy) is 2. The van der Waals surface area contributed by atoms with E-state index in [1.165, 1.54) is 23.0 Å². The molecule has 0 saturated carbocycles. The maximum Gasteiger partial charge on any atom is 0.258 e. The van der Waals surface area contributed by atoms with E-state index in [0.717, 1.165) is 11.3 Å². The van der Waals surface area contributed by atoms with Crippen LogP contribution in [0.25, 0.3) is 11.3 Å². The summed E-state index contributed by atoms with van der Waals surface area (Å²) in [6, 6.07) is 13.5. The highest BCUT2D eigenvalue weighted by molar-refractivity contribution is 6.35. The van der Waals surface area contributed by atoms with Gasteiger partial charge >= 0.3 is 0 Å². The number of nitrogens with zero attached hydrogens (tertiary/aromatic N) is 2. The van der Waals surface area contributed by atoms with Crippen LogP contribution >= 0.6 is 23.2 Å². The van der Waals surface area contributed by atoms with Gasteiger partial charge in [0, 0.05) is 29.7 Å². The van der Waals surface area contributed by atoms with Gasteiger partial charge in [0.2, 0.25) is 0 Å². The molecule has 2 aromatic carbocycles. The fourth-order valence-corrected chi connectivity index (χ4v) is 3.08. The molecule has 1 N–H and O–H groups in total. The summed E-state index contributed by atoms with van der Waals surface area (Å²) >= 11 is 11.8. The lowest BCUT2D eigenvalue weighted by atomic mass is 10.1. The number of halogens is 2. The molecule has 30 heavy (non-hydrogen) atoms. The lowest BCUT2D eigenvalue weighted by Crippen LogP contribution is -2.33. The Bertz CT molecular complexity index is 1080. The molecular formula is C21H19Cl2N3O4. The molecule has 7 nitrogen and oxygen atoms in total. The van der Waals surface area contributed by atoms with Crippen LogP contribution in [0, 0.1) is 0 Å². The van der Waals surface area contributed by atoms with Crippen LogP contribution in [0.4, 0.5) is 0 Å². The minimum atomic E-state index is -0.336. The second-order valence-corrected chi connectivity index (χ2v) is 7.09. The molecule has 156 valence electrons. The smallest absolute Gasteiger partial charge is 0.258 e. The van der Waals surface area contributed by atoms with Gasteiger partial charge in [-0.15, -0.1) is 0 Å². The Morgan fingerprint density at radius 1 is 1.13 bits per heavy atom. The molecule has 0 radical (unpaired) electrons. The van der Waals surface area contributed by atoms with Crippen LogP contribution in [0.3, 0.4) is 0 Å². The molecule has 0 bridgehead atoms. The van der Waals surface area contributed by atoms with Crippen molar-refractivity contribution in [3.8, 4) is 22.8 Å². The van der Waals surface area contributed by atoms with Gasteiger partial charge < -0.3 is 14.8 Å². The van der Waals surface area contributed by atoms with Crippen LogP contribution in [0.15, 0.2) is 59.7 Å². The van der Waals surface area contributed by atoms with Gasteiger partial charge in [-0.3, -0.25) is 14.2 Å². The molecule has 1 aromatic heterocycles. The first-order valence-corrected chi connectivity index (χ1v) is 9.77. The Hall–Kier alpha value is -3.03. The van der Waals surface area contributed by atoms with E-state index in [1.54, 1.807) is 31.4 Å². The highest BCUT2D eigenvalue weighted by Crippen LogP contribution is 2.27. The first kappa shape index (κ1) is 21.7. The SMILES string of the molecule is COc1ccc(-c2cc(=O)n(CCNC(=O)COc3ccc(Cl)cc3Cl)cn2)cc1. The minimum Gasteiger partial charge on any atom is -0.497 e. The number of carbonyl (C=O) groups is 1. The first-order chi connectivity index (χ1) is 14.5. The summed E-state index contributed by atoms with van der Waals surface area (Å²) in [4.78, 5) is 28.6. The zero-order valence-corrected chi connectivity index (χ0v) is 17.6. The fourth-order valence-electron chi connectivity index (χ4n) is 2.62. The van der Waals surface area contributed by atoms with Crippen molar-refractivity contribution in [3.05, 3.63) is 75.3 Å². The number of benzene rings is 2. The second-order valence-electron chi connectivity index (χ2n) is 6.25. The summed E-state index contributed by atoms with van der Waals surface area (Å²) in [7, 11) is 1.59. The van der Waals surface area contributed by atoms with E-state index in [4.69, 9.17) is 32.7 Å². The molecule has 0 saturated heterocycles. The van der Waals surface area contributed by atoms with Gasteiger partial charge in [-0.1, -0.05) is 23.2 Å².